The fourth-order valence-electron chi connectivity index (χ4n) is 2.82. The molecule has 0 saturated heterocycles. The fraction of sp³-hybridized carbons (Fsp3) is 0.391. The summed E-state index contributed by atoms with van der Waals surface area (Å²) in [4.78, 5) is 27.3. The highest BCUT2D eigenvalue weighted by Gasteiger charge is 2.26. The number of halogens is 3. The smallest absolute Gasteiger partial charge is 0.242 e. The zero-order chi connectivity index (χ0) is 23.0. The van der Waals surface area contributed by atoms with Crippen molar-refractivity contribution < 1.29 is 9.59 Å². The van der Waals surface area contributed by atoms with Crippen LogP contribution in [-0.4, -0.2) is 35.1 Å². The van der Waals surface area contributed by atoms with Crippen LogP contribution in [0, 0.1) is 5.92 Å². The van der Waals surface area contributed by atoms with Gasteiger partial charge in [-0.2, -0.15) is 0 Å². The van der Waals surface area contributed by atoms with E-state index >= 15 is 0 Å². The Hall–Kier alpha value is -1.40. The van der Waals surface area contributed by atoms with Crippen LogP contribution >= 0.6 is 46.6 Å². The maximum absolute atomic E-state index is 13.1. The number of rotatable bonds is 10. The number of benzene rings is 2. The monoisotopic (exact) mass is 500 g/mol. The maximum atomic E-state index is 13.1. The lowest BCUT2D eigenvalue weighted by Crippen LogP contribution is -2.48. The van der Waals surface area contributed by atoms with Gasteiger partial charge < -0.3 is 10.2 Å². The number of nitrogens with one attached hydrogen (secondary N) is 1. The van der Waals surface area contributed by atoms with E-state index in [9.17, 15) is 9.59 Å². The molecule has 0 unspecified atom stereocenters. The van der Waals surface area contributed by atoms with Crippen LogP contribution in [0.3, 0.4) is 0 Å². The molecule has 0 saturated carbocycles. The third-order valence-electron chi connectivity index (χ3n) is 4.65. The van der Waals surface area contributed by atoms with Crippen LogP contribution < -0.4 is 5.32 Å². The highest BCUT2D eigenvalue weighted by molar-refractivity contribution is 7.99. The summed E-state index contributed by atoms with van der Waals surface area (Å²) in [6, 6.07) is 12.0. The minimum atomic E-state index is -0.605. The molecule has 2 aromatic rings. The summed E-state index contributed by atoms with van der Waals surface area (Å²) in [5, 5.41) is 4.69. The van der Waals surface area contributed by atoms with E-state index in [1.54, 1.807) is 42.2 Å². The minimum absolute atomic E-state index is 0.129. The molecule has 0 spiro atoms. The first-order valence-electron chi connectivity index (χ1n) is 10.0. The molecule has 2 rings (SSSR count). The highest BCUT2D eigenvalue weighted by Crippen LogP contribution is 2.28. The van der Waals surface area contributed by atoms with Gasteiger partial charge in [0.05, 0.1) is 5.75 Å². The van der Waals surface area contributed by atoms with Gasteiger partial charge in [-0.3, -0.25) is 9.59 Å². The lowest BCUT2D eigenvalue weighted by molar-refractivity contribution is -0.138. The van der Waals surface area contributed by atoms with E-state index in [1.165, 1.54) is 11.8 Å². The van der Waals surface area contributed by atoms with Crippen molar-refractivity contribution in [3.05, 3.63) is 68.7 Å². The first-order valence-corrected chi connectivity index (χ1v) is 12.3. The number of hydrogen-bond donors (Lipinski definition) is 1. The summed E-state index contributed by atoms with van der Waals surface area (Å²) in [5.74, 6) is 0.738. The van der Waals surface area contributed by atoms with Gasteiger partial charge in [0.25, 0.3) is 0 Å². The van der Waals surface area contributed by atoms with Crippen molar-refractivity contribution in [2.45, 2.75) is 39.1 Å². The zero-order valence-electron chi connectivity index (χ0n) is 17.8. The van der Waals surface area contributed by atoms with Gasteiger partial charge in [-0.25, -0.2) is 0 Å². The van der Waals surface area contributed by atoms with Crippen LogP contribution in [0.5, 0.6) is 0 Å². The topological polar surface area (TPSA) is 49.4 Å². The van der Waals surface area contributed by atoms with Crippen molar-refractivity contribution in [1.82, 2.24) is 10.2 Å². The molecule has 168 valence electrons. The summed E-state index contributed by atoms with van der Waals surface area (Å²) in [6.07, 6.45) is 0. The number of hydrogen-bond acceptors (Lipinski definition) is 3. The van der Waals surface area contributed by atoms with Crippen LogP contribution in [0.2, 0.25) is 15.1 Å². The van der Waals surface area contributed by atoms with E-state index in [-0.39, 0.29) is 17.6 Å². The van der Waals surface area contributed by atoms with Crippen molar-refractivity contribution in [2.75, 3.05) is 12.3 Å². The lowest BCUT2D eigenvalue weighted by Gasteiger charge is -2.29. The summed E-state index contributed by atoms with van der Waals surface area (Å²) < 4.78 is 0. The molecule has 2 aromatic carbocycles. The first kappa shape index (κ1) is 25.9. The molecule has 0 aliphatic heterocycles. The molecule has 31 heavy (non-hydrogen) atoms. The molecule has 8 heteroatoms. The summed E-state index contributed by atoms with van der Waals surface area (Å²) >= 11 is 19.8. The van der Waals surface area contributed by atoms with Crippen LogP contribution in [0.25, 0.3) is 0 Å². The quantitative estimate of drug-likeness (QED) is 0.430. The maximum Gasteiger partial charge on any atom is 0.242 e. The Kier molecular flexibility index (Phi) is 10.5. The van der Waals surface area contributed by atoms with E-state index in [4.69, 9.17) is 34.8 Å². The average Bonchev–Trinajstić information content (AvgIpc) is 2.73. The molecule has 0 aromatic heterocycles. The Balaban J connectivity index is 2.09. The zero-order valence-corrected chi connectivity index (χ0v) is 20.9. The summed E-state index contributed by atoms with van der Waals surface area (Å²) in [6.45, 7) is 6.68. The third kappa shape index (κ3) is 8.23. The molecule has 1 N–H and O–H groups in total. The largest absolute Gasteiger partial charge is 0.354 e. The van der Waals surface area contributed by atoms with E-state index in [2.05, 4.69) is 5.32 Å². The predicted molar refractivity (Wildman–Crippen MR) is 132 cm³/mol. The van der Waals surface area contributed by atoms with Crippen molar-refractivity contribution in [3.8, 4) is 0 Å². The minimum Gasteiger partial charge on any atom is -0.354 e. The second-order valence-electron chi connectivity index (χ2n) is 7.66. The van der Waals surface area contributed by atoms with Gasteiger partial charge in [0.1, 0.15) is 6.04 Å². The number of nitrogens with zero attached hydrogens (tertiary/aromatic N) is 1. The van der Waals surface area contributed by atoms with Gasteiger partial charge in [-0.1, -0.05) is 66.8 Å². The number of carbonyl (C=O) groups excluding carboxylic acids is 2. The van der Waals surface area contributed by atoms with Crippen LogP contribution in [0.4, 0.5) is 0 Å². The number of amides is 2. The normalized spacial score (nSPS) is 12.0. The van der Waals surface area contributed by atoms with Gasteiger partial charge >= 0.3 is 0 Å². The Morgan fingerprint density at radius 3 is 2.19 bits per heavy atom. The van der Waals surface area contributed by atoms with Crippen molar-refractivity contribution in [3.63, 3.8) is 0 Å². The Labute approximate surface area is 203 Å². The number of thioether (sulfide) groups is 1. The van der Waals surface area contributed by atoms with E-state index in [0.29, 0.717) is 39.8 Å². The Morgan fingerprint density at radius 2 is 1.61 bits per heavy atom. The molecular weight excluding hydrogens is 475 g/mol. The molecule has 0 bridgehead atoms. The highest BCUT2D eigenvalue weighted by atomic mass is 35.5. The second kappa shape index (κ2) is 12.6. The van der Waals surface area contributed by atoms with E-state index < -0.39 is 6.04 Å². The molecule has 1 atom stereocenters. The molecule has 0 fully saturated rings. The summed E-state index contributed by atoms with van der Waals surface area (Å²) in [5.41, 5.74) is 1.70. The fourth-order valence-corrected chi connectivity index (χ4v) is 4.59. The van der Waals surface area contributed by atoms with Gasteiger partial charge in [0.2, 0.25) is 11.8 Å². The van der Waals surface area contributed by atoms with Crippen LogP contribution in [0.15, 0.2) is 42.5 Å². The number of carbonyl (C=O) groups is 2. The Morgan fingerprint density at radius 1 is 1.00 bits per heavy atom. The molecule has 0 radical (unpaired) electrons. The molecule has 2 amide bonds. The van der Waals surface area contributed by atoms with Crippen molar-refractivity contribution in [1.29, 1.82) is 0 Å². The van der Waals surface area contributed by atoms with Crippen molar-refractivity contribution >= 4 is 58.4 Å². The van der Waals surface area contributed by atoms with E-state index in [0.717, 1.165) is 11.1 Å². The van der Waals surface area contributed by atoms with Gasteiger partial charge in [-0.05, 0) is 48.2 Å². The van der Waals surface area contributed by atoms with E-state index in [1.807, 2.05) is 26.0 Å². The third-order valence-corrected chi connectivity index (χ3v) is 6.56. The van der Waals surface area contributed by atoms with Crippen LogP contribution in [0.1, 0.15) is 31.9 Å². The van der Waals surface area contributed by atoms with Gasteiger partial charge in [0.15, 0.2) is 0 Å². The standard InChI is InChI=1S/C23H27Cl3N2O2S/c1-15(2)11-27-23(30)16(3)28(12-17-7-9-18(24)10-8-17)22(29)14-31-13-19-20(25)5-4-6-21(19)26/h4-10,15-16H,11-14H2,1-3H3,(H,27,30)/t16-/m1/s1. The molecular formula is C23H27Cl3N2O2S. The van der Waals surface area contributed by atoms with Crippen LogP contribution in [-0.2, 0) is 21.9 Å². The van der Waals surface area contributed by atoms with Gasteiger partial charge in [-0.15, -0.1) is 11.8 Å². The SMILES string of the molecule is CC(C)CNC(=O)[C@@H](C)N(Cc1ccc(Cl)cc1)C(=O)CSCc1c(Cl)cccc1Cl. The van der Waals surface area contributed by atoms with Gasteiger partial charge in [0, 0.05) is 33.9 Å². The molecule has 0 aliphatic carbocycles. The molecule has 0 aliphatic rings. The molecule has 4 nitrogen and oxygen atoms in total. The summed E-state index contributed by atoms with van der Waals surface area (Å²) in [7, 11) is 0. The first-order chi connectivity index (χ1) is 14.7. The van der Waals surface area contributed by atoms with Crippen molar-refractivity contribution in [2.24, 2.45) is 5.92 Å². The second-order valence-corrected chi connectivity index (χ2v) is 9.89. The molecule has 0 heterocycles. The average molecular weight is 502 g/mol. The lowest BCUT2D eigenvalue weighted by atomic mass is 10.1. The predicted octanol–water partition coefficient (Wildman–Crippen LogP) is 6.07. The Bertz CT molecular complexity index is 871.